The molecule has 22 heavy (non-hydrogen) atoms. The molecular formula is C17H16N4O. The van der Waals surface area contributed by atoms with Crippen molar-refractivity contribution in [2.75, 3.05) is 5.32 Å². The average Bonchev–Trinajstić information content (AvgIpc) is 2.96. The number of anilines is 1. The zero-order valence-corrected chi connectivity index (χ0v) is 12.0. The molecule has 3 N–H and O–H groups in total. The minimum atomic E-state index is -0.233. The van der Waals surface area contributed by atoms with Crippen molar-refractivity contribution in [3.63, 3.8) is 0 Å². The number of nitrogens with zero attached hydrogens (tertiary/aromatic N) is 1. The highest BCUT2D eigenvalue weighted by Crippen LogP contribution is 2.18. The fourth-order valence-corrected chi connectivity index (χ4v) is 2.86. The van der Waals surface area contributed by atoms with Crippen molar-refractivity contribution in [1.29, 1.82) is 0 Å². The number of carbonyl (C=O) groups is 1. The first-order valence-electron chi connectivity index (χ1n) is 7.35. The predicted octanol–water partition coefficient (Wildman–Crippen LogP) is 2.22. The Kier molecular flexibility index (Phi) is 3.12. The van der Waals surface area contributed by atoms with E-state index < -0.39 is 0 Å². The summed E-state index contributed by atoms with van der Waals surface area (Å²) < 4.78 is 0. The van der Waals surface area contributed by atoms with Crippen molar-refractivity contribution in [2.24, 2.45) is 0 Å². The monoisotopic (exact) mass is 292 g/mol. The molecule has 0 radical (unpaired) electrons. The van der Waals surface area contributed by atoms with Crippen molar-refractivity contribution in [2.45, 2.75) is 19.0 Å². The van der Waals surface area contributed by atoms with Gasteiger partial charge in [0.05, 0.1) is 17.1 Å². The highest BCUT2D eigenvalue weighted by Gasteiger charge is 2.24. The van der Waals surface area contributed by atoms with Crippen molar-refractivity contribution in [1.82, 2.24) is 15.3 Å². The molecule has 2 aromatic carbocycles. The summed E-state index contributed by atoms with van der Waals surface area (Å²) in [6.07, 6.45) is 0.697. The Morgan fingerprint density at radius 3 is 2.73 bits per heavy atom. The third-order valence-corrected chi connectivity index (χ3v) is 4.03. The highest BCUT2D eigenvalue weighted by molar-refractivity contribution is 5.95. The number of rotatable bonds is 2. The molecule has 3 aromatic rings. The van der Waals surface area contributed by atoms with Crippen molar-refractivity contribution < 1.29 is 4.79 Å². The SMILES string of the molecule is O=C(Nc1nc2ccccc2[nH]1)[C@@H]1Cc2ccccc2CN1. The number of aromatic amines is 1. The van der Waals surface area contributed by atoms with E-state index in [0.29, 0.717) is 18.9 Å². The van der Waals surface area contributed by atoms with E-state index in [1.165, 1.54) is 11.1 Å². The maximum atomic E-state index is 12.4. The minimum Gasteiger partial charge on any atom is -0.324 e. The number of nitrogens with one attached hydrogen (secondary N) is 3. The standard InChI is InChI=1S/C17H16N4O/c22-16(15-9-11-5-1-2-6-12(11)10-18-15)21-17-19-13-7-3-4-8-14(13)20-17/h1-8,15,18H,9-10H2,(H2,19,20,21,22)/t15-/m0/s1. The summed E-state index contributed by atoms with van der Waals surface area (Å²) in [6.45, 7) is 0.717. The smallest absolute Gasteiger partial charge is 0.244 e. The summed E-state index contributed by atoms with van der Waals surface area (Å²) in [7, 11) is 0. The lowest BCUT2D eigenvalue weighted by Gasteiger charge is -2.24. The molecule has 1 aliphatic rings. The van der Waals surface area contributed by atoms with E-state index >= 15 is 0 Å². The summed E-state index contributed by atoms with van der Waals surface area (Å²) in [4.78, 5) is 19.9. The van der Waals surface area contributed by atoms with E-state index in [-0.39, 0.29) is 11.9 Å². The average molecular weight is 292 g/mol. The number of aromatic nitrogens is 2. The lowest BCUT2D eigenvalue weighted by Crippen LogP contribution is -2.44. The van der Waals surface area contributed by atoms with Gasteiger partial charge in [0, 0.05) is 6.54 Å². The quantitative estimate of drug-likeness (QED) is 0.678. The van der Waals surface area contributed by atoms with Crippen LogP contribution in [0.25, 0.3) is 11.0 Å². The number of carbonyl (C=O) groups excluding carboxylic acids is 1. The predicted molar refractivity (Wildman–Crippen MR) is 85.5 cm³/mol. The fraction of sp³-hybridized carbons (Fsp3) is 0.176. The number of benzene rings is 2. The minimum absolute atomic E-state index is 0.0615. The summed E-state index contributed by atoms with van der Waals surface area (Å²) >= 11 is 0. The van der Waals surface area contributed by atoms with Gasteiger partial charge in [-0.25, -0.2) is 4.98 Å². The van der Waals surface area contributed by atoms with E-state index in [4.69, 9.17) is 0 Å². The number of hydrogen-bond donors (Lipinski definition) is 3. The second-order valence-corrected chi connectivity index (χ2v) is 5.50. The number of imidazole rings is 1. The van der Waals surface area contributed by atoms with Crippen LogP contribution in [0, 0.1) is 0 Å². The number of amides is 1. The number of para-hydroxylation sites is 2. The van der Waals surface area contributed by atoms with E-state index in [9.17, 15) is 4.79 Å². The Labute approximate surface area is 127 Å². The number of fused-ring (bicyclic) bond motifs is 2. The topological polar surface area (TPSA) is 69.8 Å². The molecule has 0 saturated heterocycles. The molecule has 4 rings (SSSR count). The molecule has 1 aliphatic heterocycles. The van der Waals surface area contributed by atoms with Crippen LogP contribution in [-0.4, -0.2) is 21.9 Å². The Bertz CT molecular complexity index is 806. The zero-order chi connectivity index (χ0) is 14.9. The van der Waals surface area contributed by atoms with Crippen LogP contribution in [0.5, 0.6) is 0 Å². The van der Waals surface area contributed by atoms with Gasteiger partial charge < -0.3 is 10.3 Å². The lowest BCUT2D eigenvalue weighted by molar-refractivity contribution is -0.118. The molecule has 0 bridgehead atoms. The van der Waals surface area contributed by atoms with Crippen LogP contribution in [0.1, 0.15) is 11.1 Å². The molecule has 0 aliphatic carbocycles. The molecule has 1 aromatic heterocycles. The summed E-state index contributed by atoms with van der Waals surface area (Å²) in [5.74, 6) is 0.431. The highest BCUT2D eigenvalue weighted by atomic mass is 16.2. The van der Waals surface area contributed by atoms with Gasteiger partial charge in [0.15, 0.2) is 0 Å². The Hall–Kier alpha value is -2.66. The first-order valence-corrected chi connectivity index (χ1v) is 7.35. The summed E-state index contributed by atoms with van der Waals surface area (Å²) in [6, 6.07) is 15.7. The van der Waals surface area contributed by atoms with E-state index in [0.717, 1.165) is 11.0 Å². The Morgan fingerprint density at radius 2 is 1.86 bits per heavy atom. The van der Waals surface area contributed by atoms with Crippen LogP contribution in [0.3, 0.4) is 0 Å². The van der Waals surface area contributed by atoms with Gasteiger partial charge in [0.1, 0.15) is 0 Å². The third-order valence-electron chi connectivity index (χ3n) is 4.03. The maximum Gasteiger partial charge on any atom is 0.244 e. The molecule has 110 valence electrons. The lowest BCUT2D eigenvalue weighted by atomic mass is 9.95. The van der Waals surface area contributed by atoms with Crippen LogP contribution in [0.4, 0.5) is 5.95 Å². The molecule has 0 unspecified atom stereocenters. The molecule has 0 saturated carbocycles. The van der Waals surface area contributed by atoms with Gasteiger partial charge in [0.2, 0.25) is 11.9 Å². The number of H-pyrrole nitrogens is 1. The largest absolute Gasteiger partial charge is 0.324 e. The fourth-order valence-electron chi connectivity index (χ4n) is 2.86. The van der Waals surface area contributed by atoms with Gasteiger partial charge in [-0.05, 0) is 29.7 Å². The van der Waals surface area contributed by atoms with Gasteiger partial charge in [-0.2, -0.15) is 0 Å². The molecular weight excluding hydrogens is 276 g/mol. The van der Waals surface area contributed by atoms with E-state index in [1.54, 1.807) is 0 Å². The van der Waals surface area contributed by atoms with Crippen LogP contribution in [-0.2, 0) is 17.8 Å². The second-order valence-electron chi connectivity index (χ2n) is 5.50. The molecule has 1 atom stereocenters. The van der Waals surface area contributed by atoms with Crippen LogP contribution < -0.4 is 10.6 Å². The van der Waals surface area contributed by atoms with Crippen molar-refractivity contribution in [3.8, 4) is 0 Å². The van der Waals surface area contributed by atoms with Crippen LogP contribution >= 0.6 is 0 Å². The van der Waals surface area contributed by atoms with E-state index in [2.05, 4.69) is 32.7 Å². The van der Waals surface area contributed by atoms with Crippen LogP contribution in [0.2, 0.25) is 0 Å². The van der Waals surface area contributed by atoms with Gasteiger partial charge in [-0.3, -0.25) is 10.1 Å². The Balaban J connectivity index is 1.51. The summed E-state index contributed by atoms with van der Waals surface area (Å²) in [5, 5.41) is 6.14. The molecule has 2 heterocycles. The van der Waals surface area contributed by atoms with Gasteiger partial charge >= 0.3 is 0 Å². The number of hydrogen-bond acceptors (Lipinski definition) is 3. The normalized spacial score (nSPS) is 17.2. The molecule has 0 fully saturated rings. The van der Waals surface area contributed by atoms with Crippen LogP contribution in [0.15, 0.2) is 48.5 Å². The molecule has 5 heteroatoms. The zero-order valence-electron chi connectivity index (χ0n) is 12.0. The van der Waals surface area contributed by atoms with Gasteiger partial charge in [-0.15, -0.1) is 0 Å². The van der Waals surface area contributed by atoms with Gasteiger partial charge in [0.25, 0.3) is 0 Å². The Morgan fingerprint density at radius 1 is 1.09 bits per heavy atom. The molecule has 5 nitrogen and oxygen atoms in total. The first-order chi connectivity index (χ1) is 10.8. The van der Waals surface area contributed by atoms with Gasteiger partial charge in [-0.1, -0.05) is 36.4 Å². The molecule has 1 amide bonds. The van der Waals surface area contributed by atoms with Crippen molar-refractivity contribution >= 4 is 22.9 Å². The second kappa shape index (κ2) is 5.27. The maximum absolute atomic E-state index is 12.4. The van der Waals surface area contributed by atoms with Crippen molar-refractivity contribution in [3.05, 3.63) is 59.7 Å². The molecule has 0 spiro atoms. The summed E-state index contributed by atoms with van der Waals surface area (Å²) in [5.41, 5.74) is 4.25. The first kappa shape index (κ1) is 13.0. The van der Waals surface area contributed by atoms with E-state index in [1.807, 2.05) is 36.4 Å². The third kappa shape index (κ3) is 2.35.